The molecule has 0 radical (unpaired) electrons. The first-order valence-corrected chi connectivity index (χ1v) is 9.39. The molecule has 0 unspecified atom stereocenters. The van der Waals surface area contributed by atoms with Gasteiger partial charge >= 0.3 is 0 Å². The van der Waals surface area contributed by atoms with E-state index < -0.39 is 11.2 Å². The van der Waals surface area contributed by atoms with Crippen molar-refractivity contribution in [1.29, 1.82) is 0 Å². The molecule has 0 aliphatic heterocycles. The minimum atomic E-state index is -0.454. The van der Waals surface area contributed by atoms with Crippen LogP contribution in [0.5, 0.6) is 5.75 Å². The van der Waals surface area contributed by atoms with Gasteiger partial charge in [0.05, 0.1) is 13.3 Å². The minimum absolute atomic E-state index is 0.0515. The molecule has 4 rings (SSSR count). The largest absolute Gasteiger partial charge is 0.491 e. The molecule has 2 heterocycles. The van der Waals surface area contributed by atoms with Crippen molar-refractivity contribution in [2.24, 2.45) is 0 Å². The number of benzene rings is 2. The highest BCUT2D eigenvalue weighted by atomic mass is 127. The second kappa shape index (κ2) is 7.55. The van der Waals surface area contributed by atoms with Gasteiger partial charge in [0.2, 0.25) is 5.82 Å². The van der Waals surface area contributed by atoms with Crippen molar-refractivity contribution in [3.8, 4) is 28.6 Å². The van der Waals surface area contributed by atoms with E-state index in [0.717, 1.165) is 9.13 Å². The molecule has 0 amide bonds. The van der Waals surface area contributed by atoms with Gasteiger partial charge in [0.1, 0.15) is 17.3 Å². The first-order chi connectivity index (χ1) is 13.6. The van der Waals surface area contributed by atoms with Gasteiger partial charge in [-0.15, -0.1) is 5.10 Å². The summed E-state index contributed by atoms with van der Waals surface area (Å²) in [6.07, 6.45) is 4.59. The normalized spacial score (nSPS) is 10.8. The van der Waals surface area contributed by atoms with Crippen LogP contribution in [0.15, 0.2) is 71.9 Å². The molecule has 0 spiro atoms. The number of aromatic nitrogens is 4. The summed E-state index contributed by atoms with van der Waals surface area (Å²) in [5.41, 5.74) is 0.615. The summed E-state index contributed by atoms with van der Waals surface area (Å²) in [6.45, 7) is 0. The Labute approximate surface area is 173 Å². The van der Waals surface area contributed by atoms with Crippen LogP contribution in [0.4, 0.5) is 4.39 Å². The highest BCUT2D eigenvalue weighted by molar-refractivity contribution is 14.1. The summed E-state index contributed by atoms with van der Waals surface area (Å²) in [5, 5.41) is 4.37. The van der Waals surface area contributed by atoms with Gasteiger partial charge in [0.25, 0.3) is 5.43 Å². The molecule has 0 aliphatic rings. The van der Waals surface area contributed by atoms with Gasteiger partial charge in [0, 0.05) is 21.5 Å². The average Bonchev–Trinajstić information content (AvgIpc) is 3.19. The Morgan fingerprint density at radius 1 is 1.14 bits per heavy atom. The zero-order valence-corrected chi connectivity index (χ0v) is 16.9. The molecule has 140 valence electrons. The monoisotopic (exact) mass is 488 g/mol. The van der Waals surface area contributed by atoms with E-state index in [1.54, 1.807) is 29.1 Å². The highest BCUT2D eigenvalue weighted by Crippen LogP contribution is 2.21. The molecule has 6 nitrogen and oxygen atoms in total. The summed E-state index contributed by atoms with van der Waals surface area (Å²) >= 11 is 2.03. The van der Waals surface area contributed by atoms with Crippen LogP contribution in [0.1, 0.15) is 0 Å². The van der Waals surface area contributed by atoms with Crippen LogP contribution in [0, 0.1) is 9.39 Å². The van der Waals surface area contributed by atoms with E-state index in [1.165, 1.54) is 24.1 Å². The Balaban J connectivity index is 1.94. The fourth-order valence-electron chi connectivity index (χ4n) is 2.82. The maximum atomic E-state index is 14.5. The van der Waals surface area contributed by atoms with E-state index in [9.17, 15) is 9.18 Å². The highest BCUT2D eigenvalue weighted by Gasteiger charge is 2.18. The molecular weight excluding hydrogens is 474 g/mol. The van der Waals surface area contributed by atoms with Gasteiger partial charge in [-0.1, -0.05) is 30.3 Å². The van der Waals surface area contributed by atoms with Crippen molar-refractivity contribution in [2.75, 3.05) is 7.11 Å². The number of imidazole rings is 1. The Morgan fingerprint density at radius 2 is 1.93 bits per heavy atom. The molecule has 0 aliphatic carbocycles. The molecule has 0 N–H and O–H groups in total. The van der Waals surface area contributed by atoms with Crippen LogP contribution < -0.4 is 10.2 Å². The maximum absolute atomic E-state index is 14.5. The van der Waals surface area contributed by atoms with Crippen LogP contribution in [0.25, 0.3) is 22.9 Å². The summed E-state index contributed by atoms with van der Waals surface area (Å²) in [5.74, 6) is 0.211. The minimum Gasteiger partial charge on any atom is -0.491 e. The van der Waals surface area contributed by atoms with Crippen molar-refractivity contribution in [1.82, 2.24) is 19.3 Å². The zero-order valence-electron chi connectivity index (χ0n) is 14.7. The Morgan fingerprint density at radius 3 is 2.64 bits per heavy atom. The van der Waals surface area contributed by atoms with Crippen molar-refractivity contribution < 1.29 is 9.13 Å². The lowest BCUT2D eigenvalue weighted by molar-refractivity contribution is 0.404. The zero-order chi connectivity index (χ0) is 19.7. The number of nitrogens with zero attached hydrogens (tertiary/aromatic N) is 4. The lowest BCUT2D eigenvalue weighted by Crippen LogP contribution is -2.21. The van der Waals surface area contributed by atoms with E-state index in [0.29, 0.717) is 5.82 Å². The lowest BCUT2D eigenvalue weighted by Gasteiger charge is -2.13. The van der Waals surface area contributed by atoms with Crippen LogP contribution in [-0.2, 0) is 0 Å². The third-order valence-corrected chi connectivity index (χ3v) is 4.82. The quantitative estimate of drug-likeness (QED) is 0.410. The number of hydrogen-bond donors (Lipinski definition) is 0. The molecule has 0 bridgehead atoms. The fraction of sp³-hybridized carbons (Fsp3) is 0.0500. The van der Waals surface area contributed by atoms with Crippen molar-refractivity contribution >= 4 is 22.6 Å². The first kappa shape index (κ1) is 18.4. The van der Waals surface area contributed by atoms with E-state index in [-0.39, 0.29) is 17.3 Å². The predicted octanol–water partition coefficient (Wildman–Crippen LogP) is 3.84. The van der Waals surface area contributed by atoms with Gasteiger partial charge in [-0.05, 0) is 40.8 Å². The molecule has 0 fully saturated rings. The number of rotatable bonds is 4. The molecule has 4 aromatic rings. The number of hydrogen-bond acceptors (Lipinski definition) is 4. The van der Waals surface area contributed by atoms with Crippen LogP contribution in [0.3, 0.4) is 0 Å². The van der Waals surface area contributed by atoms with Crippen LogP contribution in [0.2, 0.25) is 0 Å². The van der Waals surface area contributed by atoms with Crippen molar-refractivity contribution in [2.45, 2.75) is 0 Å². The maximum Gasteiger partial charge on any atom is 0.266 e. The van der Waals surface area contributed by atoms with Crippen LogP contribution in [-0.4, -0.2) is 26.4 Å². The summed E-state index contributed by atoms with van der Waals surface area (Å²) in [6, 6.07) is 14.2. The Kier molecular flexibility index (Phi) is 4.95. The van der Waals surface area contributed by atoms with Gasteiger partial charge in [-0.3, -0.25) is 9.36 Å². The molecule has 0 saturated carbocycles. The van der Waals surface area contributed by atoms with E-state index in [4.69, 9.17) is 4.74 Å². The van der Waals surface area contributed by atoms with E-state index >= 15 is 0 Å². The molecule has 2 aromatic heterocycles. The summed E-state index contributed by atoms with van der Waals surface area (Å²) in [4.78, 5) is 17.2. The second-order valence-corrected chi connectivity index (χ2v) is 7.12. The Bertz CT molecular complexity index is 1200. The third kappa shape index (κ3) is 3.31. The smallest absolute Gasteiger partial charge is 0.266 e. The van der Waals surface area contributed by atoms with Crippen molar-refractivity contribution in [3.05, 3.63) is 86.7 Å². The topological polar surface area (TPSA) is 61.9 Å². The van der Waals surface area contributed by atoms with Gasteiger partial charge in [-0.2, -0.15) is 0 Å². The SMILES string of the molecule is COc1cn(-c2ccc(I)cc2F)nc(-n2ccnc2-c2ccccc2)c1=O. The molecule has 8 heteroatoms. The van der Waals surface area contributed by atoms with E-state index in [2.05, 4.69) is 10.1 Å². The number of methoxy groups -OCH3 is 1. The van der Waals surface area contributed by atoms with Gasteiger partial charge in [0.15, 0.2) is 5.75 Å². The predicted molar refractivity (Wildman–Crippen MR) is 112 cm³/mol. The molecule has 2 aromatic carbocycles. The van der Waals surface area contributed by atoms with Crippen LogP contribution >= 0.6 is 22.6 Å². The first-order valence-electron chi connectivity index (χ1n) is 8.31. The van der Waals surface area contributed by atoms with Gasteiger partial charge < -0.3 is 4.74 Å². The Hall–Kier alpha value is -3.01. The molecular formula is C20H14FIN4O2. The van der Waals surface area contributed by atoms with Crippen molar-refractivity contribution in [3.63, 3.8) is 0 Å². The lowest BCUT2D eigenvalue weighted by atomic mass is 10.2. The molecule has 28 heavy (non-hydrogen) atoms. The second-order valence-electron chi connectivity index (χ2n) is 5.88. The molecule has 0 atom stereocenters. The number of halogens is 2. The summed E-state index contributed by atoms with van der Waals surface area (Å²) in [7, 11) is 1.39. The standard InChI is InChI=1S/C20H14FIN4O2/c1-28-17-12-26(16-8-7-14(22)11-15(16)21)24-20(18(17)27)25-10-9-23-19(25)13-5-3-2-4-6-13/h2-12H,1H3. The molecule has 0 saturated heterocycles. The number of ether oxygens (including phenoxy) is 1. The van der Waals surface area contributed by atoms with E-state index in [1.807, 2.05) is 52.9 Å². The summed E-state index contributed by atoms with van der Waals surface area (Å²) < 4.78 is 23.3. The average molecular weight is 488 g/mol. The van der Waals surface area contributed by atoms with Gasteiger partial charge in [-0.25, -0.2) is 14.1 Å². The third-order valence-electron chi connectivity index (χ3n) is 4.15. The fourth-order valence-corrected chi connectivity index (χ4v) is 3.28.